The second-order valence-corrected chi connectivity index (χ2v) is 3.24. The lowest BCUT2D eigenvalue weighted by Crippen LogP contribution is -2.18. The van der Waals surface area contributed by atoms with Gasteiger partial charge in [-0.1, -0.05) is 27.7 Å². The Kier molecular flexibility index (Phi) is 9.58. The van der Waals surface area contributed by atoms with E-state index in [0.717, 1.165) is 24.7 Å². The van der Waals surface area contributed by atoms with E-state index in [2.05, 4.69) is 24.8 Å². The highest BCUT2D eigenvalue weighted by molar-refractivity contribution is 4.89. The second kappa shape index (κ2) is 10.5. The normalized spacial score (nSPS) is 9.22. The molecule has 0 unspecified atom stereocenters. The van der Waals surface area contributed by atoms with Gasteiger partial charge in [0.2, 0.25) is 0 Å². The van der Waals surface area contributed by atoms with Crippen LogP contribution < -0.4 is 0 Å². The van der Waals surface area contributed by atoms with Crippen LogP contribution in [-0.4, -0.2) is 31.9 Å². The third-order valence-corrected chi connectivity index (χ3v) is 1.95. The first-order chi connectivity index (χ1) is 8.84. The van der Waals surface area contributed by atoms with Crippen LogP contribution in [-0.2, 0) is 13.1 Å². The zero-order valence-electron chi connectivity index (χ0n) is 12.1. The molecule has 0 spiro atoms. The molecule has 2 aromatic heterocycles. The Balaban J connectivity index is 0.000000659. The van der Waals surface area contributed by atoms with Gasteiger partial charge in [-0.15, -0.1) is 0 Å². The number of nitrogens with zero attached hydrogens (tertiary/aromatic N) is 3. The van der Waals surface area contributed by atoms with E-state index in [1.165, 1.54) is 0 Å². The van der Waals surface area contributed by atoms with Crippen LogP contribution in [0.4, 0.5) is 0 Å². The van der Waals surface area contributed by atoms with Crippen LogP contribution in [0, 0.1) is 0 Å². The number of aromatic nitrogens is 4. The summed E-state index contributed by atoms with van der Waals surface area (Å²) in [7, 11) is 2.03. The van der Waals surface area contributed by atoms with Crippen molar-refractivity contribution in [2.45, 2.75) is 40.8 Å². The molecule has 2 aromatic rings. The summed E-state index contributed by atoms with van der Waals surface area (Å²) in [5, 5.41) is 0. The Bertz CT molecular complexity index is 316. The van der Waals surface area contributed by atoms with Crippen molar-refractivity contribution in [3.8, 4) is 0 Å². The zero-order valence-corrected chi connectivity index (χ0v) is 12.1. The molecule has 0 atom stereocenters. The minimum absolute atomic E-state index is 0.799. The molecule has 5 nitrogen and oxygen atoms in total. The molecule has 0 aliphatic rings. The van der Waals surface area contributed by atoms with Crippen molar-refractivity contribution in [3.63, 3.8) is 0 Å². The molecule has 102 valence electrons. The zero-order chi connectivity index (χ0) is 13.8. The minimum atomic E-state index is 0.799. The van der Waals surface area contributed by atoms with Crippen molar-refractivity contribution in [3.05, 3.63) is 36.4 Å². The fraction of sp³-hybridized carbons (Fsp3) is 0.538. The van der Waals surface area contributed by atoms with Gasteiger partial charge < -0.3 is 9.97 Å². The fourth-order valence-electron chi connectivity index (χ4n) is 1.34. The molecule has 2 rings (SSSR count). The number of aromatic amines is 2. The topological polar surface area (TPSA) is 60.6 Å². The molecule has 0 aliphatic carbocycles. The first kappa shape index (κ1) is 16.4. The molecule has 2 heterocycles. The predicted molar refractivity (Wildman–Crippen MR) is 75.0 cm³/mol. The SMILES string of the molecule is CC.CC.CN(Cc1ncc[nH]1)Cc1ncc[nH]1. The van der Waals surface area contributed by atoms with E-state index in [4.69, 9.17) is 0 Å². The van der Waals surface area contributed by atoms with Crippen molar-refractivity contribution >= 4 is 0 Å². The molecule has 0 saturated heterocycles. The largest absolute Gasteiger partial charge is 0.348 e. The number of rotatable bonds is 4. The van der Waals surface area contributed by atoms with Crippen LogP contribution in [0.3, 0.4) is 0 Å². The van der Waals surface area contributed by atoms with Gasteiger partial charge in [0.15, 0.2) is 0 Å². The Morgan fingerprint density at radius 1 is 0.889 bits per heavy atom. The molecule has 0 aromatic carbocycles. The van der Waals surface area contributed by atoms with E-state index in [0.29, 0.717) is 0 Å². The Morgan fingerprint density at radius 2 is 1.28 bits per heavy atom. The maximum absolute atomic E-state index is 4.16. The van der Waals surface area contributed by atoms with Crippen molar-refractivity contribution in [1.29, 1.82) is 0 Å². The van der Waals surface area contributed by atoms with E-state index in [1.807, 2.05) is 47.1 Å². The van der Waals surface area contributed by atoms with Gasteiger partial charge in [0, 0.05) is 24.8 Å². The molecular weight excluding hydrogens is 226 g/mol. The van der Waals surface area contributed by atoms with Crippen molar-refractivity contribution in [2.24, 2.45) is 0 Å². The number of imidazole rings is 2. The van der Waals surface area contributed by atoms with Crippen LogP contribution in [0.2, 0.25) is 0 Å². The summed E-state index contributed by atoms with van der Waals surface area (Å²) in [5.74, 6) is 1.94. The fourth-order valence-corrected chi connectivity index (χ4v) is 1.34. The van der Waals surface area contributed by atoms with Gasteiger partial charge in [0.25, 0.3) is 0 Å². The Labute approximate surface area is 110 Å². The lowest BCUT2D eigenvalue weighted by atomic mass is 10.5. The van der Waals surface area contributed by atoms with Gasteiger partial charge >= 0.3 is 0 Å². The Hall–Kier alpha value is -1.62. The molecule has 0 amide bonds. The van der Waals surface area contributed by atoms with Gasteiger partial charge in [-0.3, -0.25) is 4.90 Å². The molecule has 18 heavy (non-hydrogen) atoms. The molecule has 0 saturated carbocycles. The summed E-state index contributed by atoms with van der Waals surface area (Å²) < 4.78 is 0. The second-order valence-electron chi connectivity index (χ2n) is 3.24. The van der Waals surface area contributed by atoms with E-state index in [9.17, 15) is 0 Å². The summed E-state index contributed by atoms with van der Waals surface area (Å²) in [4.78, 5) is 16.6. The Morgan fingerprint density at radius 3 is 1.56 bits per heavy atom. The van der Waals surface area contributed by atoms with E-state index in [1.54, 1.807) is 12.4 Å². The molecule has 5 heteroatoms. The minimum Gasteiger partial charge on any atom is -0.348 e. The van der Waals surface area contributed by atoms with Crippen LogP contribution in [0.1, 0.15) is 39.3 Å². The van der Waals surface area contributed by atoms with E-state index in [-0.39, 0.29) is 0 Å². The highest BCUT2D eigenvalue weighted by Crippen LogP contribution is 2.00. The van der Waals surface area contributed by atoms with Crippen LogP contribution in [0.5, 0.6) is 0 Å². The van der Waals surface area contributed by atoms with E-state index >= 15 is 0 Å². The molecule has 0 radical (unpaired) electrons. The summed E-state index contributed by atoms with van der Waals surface area (Å²) in [5.41, 5.74) is 0. The summed E-state index contributed by atoms with van der Waals surface area (Å²) in [6.07, 6.45) is 7.18. The van der Waals surface area contributed by atoms with Gasteiger partial charge in [0.1, 0.15) is 11.6 Å². The van der Waals surface area contributed by atoms with Gasteiger partial charge in [-0.25, -0.2) is 9.97 Å². The number of hydrogen-bond donors (Lipinski definition) is 2. The highest BCUT2D eigenvalue weighted by atomic mass is 15.1. The highest BCUT2D eigenvalue weighted by Gasteiger charge is 2.03. The third kappa shape index (κ3) is 6.20. The van der Waals surface area contributed by atoms with Gasteiger partial charge in [-0.2, -0.15) is 0 Å². The summed E-state index contributed by atoms with van der Waals surface area (Å²) in [6.45, 7) is 9.60. The van der Waals surface area contributed by atoms with Crippen LogP contribution in [0.25, 0.3) is 0 Å². The first-order valence-corrected chi connectivity index (χ1v) is 6.49. The summed E-state index contributed by atoms with van der Waals surface area (Å²) >= 11 is 0. The molecule has 2 N–H and O–H groups in total. The molecule has 0 bridgehead atoms. The monoisotopic (exact) mass is 251 g/mol. The quantitative estimate of drug-likeness (QED) is 0.878. The molecule has 0 aliphatic heterocycles. The predicted octanol–water partition coefficient (Wildman–Crippen LogP) is 2.82. The summed E-state index contributed by atoms with van der Waals surface area (Å²) in [6, 6.07) is 0. The maximum atomic E-state index is 4.16. The van der Waals surface area contributed by atoms with E-state index < -0.39 is 0 Å². The van der Waals surface area contributed by atoms with Gasteiger partial charge in [0.05, 0.1) is 13.1 Å². The van der Waals surface area contributed by atoms with Crippen LogP contribution >= 0.6 is 0 Å². The number of nitrogens with one attached hydrogen (secondary N) is 2. The van der Waals surface area contributed by atoms with Crippen molar-refractivity contribution in [1.82, 2.24) is 24.8 Å². The number of H-pyrrole nitrogens is 2. The average molecular weight is 251 g/mol. The third-order valence-electron chi connectivity index (χ3n) is 1.95. The molecular formula is C13H25N5. The average Bonchev–Trinajstić information content (AvgIpc) is 3.08. The number of hydrogen-bond acceptors (Lipinski definition) is 3. The first-order valence-electron chi connectivity index (χ1n) is 6.49. The lowest BCUT2D eigenvalue weighted by molar-refractivity contribution is 0.304. The van der Waals surface area contributed by atoms with Crippen molar-refractivity contribution < 1.29 is 0 Å². The smallest absolute Gasteiger partial charge is 0.120 e. The van der Waals surface area contributed by atoms with Crippen molar-refractivity contribution in [2.75, 3.05) is 7.05 Å². The lowest BCUT2D eigenvalue weighted by Gasteiger charge is -2.12. The van der Waals surface area contributed by atoms with Gasteiger partial charge in [-0.05, 0) is 7.05 Å². The molecule has 0 fully saturated rings. The maximum Gasteiger partial charge on any atom is 0.120 e. The van der Waals surface area contributed by atoms with Crippen LogP contribution in [0.15, 0.2) is 24.8 Å². The standard InChI is InChI=1S/C9H13N5.2C2H6/c1-14(6-8-10-2-3-11-8)7-9-12-4-5-13-9;2*1-2/h2-5H,6-7H2,1H3,(H,10,11)(H,12,13);2*1-2H3.